The molecule has 5 nitrogen and oxygen atoms in total. The van der Waals surface area contributed by atoms with Gasteiger partial charge in [-0.05, 0) is 95.2 Å². The number of rotatable bonds is 3. The number of thiophene rings is 1. The predicted molar refractivity (Wildman–Crippen MR) is 131 cm³/mol. The fourth-order valence-electron chi connectivity index (χ4n) is 3.58. The van der Waals surface area contributed by atoms with Gasteiger partial charge in [0.25, 0.3) is 11.8 Å². The van der Waals surface area contributed by atoms with Crippen LogP contribution in [0.4, 0.5) is 5.00 Å². The zero-order valence-corrected chi connectivity index (χ0v) is 20.4. The second-order valence-electron chi connectivity index (χ2n) is 8.29. The molecule has 0 unspecified atom stereocenters. The first-order chi connectivity index (χ1) is 13.6. The summed E-state index contributed by atoms with van der Waals surface area (Å²) >= 11 is 9.01. The Morgan fingerprint density at radius 1 is 1.24 bits per heavy atom. The summed E-state index contributed by atoms with van der Waals surface area (Å²) in [7, 11) is 0. The summed E-state index contributed by atoms with van der Waals surface area (Å²) < 4.78 is 1.05. The van der Waals surface area contributed by atoms with Gasteiger partial charge in [0, 0.05) is 14.0 Å². The summed E-state index contributed by atoms with van der Waals surface area (Å²) in [6, 6.07) is 7.20. The molecule has 0 spiro atoms. The third kappa shape index (κ3) is 5.16. The maximum atomic E-state index is 12.4. The van der Waals surface area contributed by atoms with E-state index in [1.165, 1.54) is 16.2 Å². The molecule has 0 bridgehead atoms. The normalized spacial score (nSPS) is 16.1. The van der Waals surface area contributed by atoms with E-state index in [0.717, 1.165) is 28.4 Å². The van der Waals surface area contributed by atoms with E-state index in [1.54, 1.807) is 12.1 Å². The monoisotopic (exact) mass is 541 g/mol. The maximum Gasteiger partial charge on any atom is 0.257 e. The number of carbonyl (C=O) groups excluding carboxylic acids is 2. The molecule has 1 aromatic carbocycles. The third-order valence-electron chi connectivity index (χ3n) is 5.30. The van der Waals surface area contributed by atoms with Gasteiger partial charge in [0.15, 0.2) is 5.11 Å². The molecule has 0 saturated heterocycles. The van der Waals surface area contributed by atoms with Crippen LogP contribution in [0.3, 0.4) is 0 Å². The Morgan fingerprint density at radius 3 is 2.48 bits per heavy atom. The van der Waals surface area contributed by atoms with Crippen LogP contribution in [0.15, 0.2) is 24.3 Å². The van der Waals surface area contributed by atoms with E-state index in [9.17, 15) is 9.59 Å². The first kappa shape index (κ1) is 22.2. The lowest BCUT2D eigenvalue weighted by atomic mass is 9.72. The maximum absolute atomic E-state index is 12.4. The lowest BCUT2D eigenvalue weighted by molar-refractivity contribution is 0.0975. The summed E-state index contributed by atoms with van der Waals surface area (Å²) in [5.74, 6) is -0.214. The van der Waals surface area contributed by atoms with E-state index in [1.807, 2.05) is 12.1 Å². The third-order valence-corrected chi connectivity index (χ3v) is 7.39. The lowest BCUT2D eigenvalue weighted by Gasteiger charge is -2.33. The second-order valence-corrected chi connectivity index (χ2v) is 11.1. The van der Waals surface area contributed by atoms with E-state index in [4.69, 9.17) is 18.0 Å². The molecule has 0 saturated carbocycles. The highest BCUT2D eigenvalue weighted by atomic mass is 127. The summed E-state index contributed by atoms with van der Waals surface area (Å²) in [5, 5.41) is 6.48. The van der Waals surface area contributed by atoms with Crippen molar-refractivity contribution in [2.45, 2.75) is 40.0 Å². The fourth-order valence-corrected chi connectivity index (χ4v) is 5.54. The molecule has 154 valence electrons. The van der Waals surface area contributed by atoms with Crippen LogP contribution in [0.5, 0.6) is 0 Å². The van der Waals surface area contributed by atoms with Crippen LogP contribution in [0.1, 0.15) is 58.3 Å². The number of hydrogen-bond donors (Lipinski definition) is 3. The molecule has 1 aliphatic carbocycles. The van der Waals surface area contributed by atoms with Crippen molar-refractivity contribution in [3.8, 4) is 0 Å². The summed E-state index contributed by atoms with van der Waals surface area (Å²) in [5.41, 5.74) is 7.93. The van der Waals surface area contributed by atoms with E-state index in [0.29, 0.717) is 22.0 Å². The van der Waals surface area contributed by atoms with Gasteiger partial charge in [-0.3, -0.25) is 14.9 Å². The van der Waals surface area contributed by atoms with E-state index < -0.39 is 5.91 Å². The summed E-state index contributed by atoms with van der Waals surface area (Å²) in [6.45, 7) is 6.75. The summed E-state index contributed by atoms with van der Waals surface area (Å²) in [4.78, 5) is 25.7. The van der Waals surface area contributed by atoms with E-state index in [-0.39, 0.29) is 16.4 Å². The molecule has 0 fully saturated rings. The van der Waals surface area contributed by atoms with Crippen molar-refractivity contribution in [2.24, 2.45) is 17.1 Å². The molecule has 4 N–H and O–H groups in total. The van der Waals surface area contributed by atoms with Gasteiger partial charge in [-0.2, -0.15) is 0 Å². The van der Waals surface area contributed by atoms with Crippen molar-refractivity contribution in [3.63, 3.8) is 0 Å². The predicted octanol–water partition coefficient (Wildman–Crippen LogP) is 4.73. The van der Waals surface area contributed by atoms with Gasteiger partial charge >= 0.3 is 0 Å². The standard InChI is InChI=1S/C21H24IN3O2S2/c1-21(2,3)12-6-9-14-15(10-12)29-19(16(14)17(23)26)25-20(28)24-18(27)11-4-7-13(22)8-5-11/h4-5,7-8,12H,6,9-10H2,1-3H3,(H2,23,26)(H2,24,25,27,28)/t12-/m0/s1. The van der Waals surface area contributed by atoms with Crippen LogP contribution in [0.2, 0.25) is 0 Å². The van der Waals surface area contributed by atoms with Gasteiger partial charge in [-0.15, -0.1) is 11.3 Å². The van der Waals surface area contributed by atoms with Gasteiger partial charge in [0.1, 0.15) is 5.00 Å². The molecule has 1 aromatic heterocycles. The number of halogens is 1. The largest absolute Gasteiger partial charge is 0.365 e. The SMILES string of the molecule is CC(C)(C)[C@H]1CCc2c(sc(NC(=S)NC(=O)c3ccc(I)cc3)c2C(N)=O)C1. The molecule has 0 aliphatic heterocycles. The number of benzene rings is 1. The Balaban J connectivity index is 1.77. The molecular formula is C21H24IN3O2S2. The van der Waals surface area contributed by atoms with Gasteiger partial charge in [0.05, 0.1) is 5.56 Å². The number of nitrogens with one attached hydrogen (secondary N) is 2. The van der Waals surface area contributed by atoms with Crippen LogP contribution in [0, 0.1) is 14.9 Å². The van der Waals surface area contributed by atoms with Crippen LogP contribution in [0.25, 0.3) is 0 Å². The number of amides is 2. The first-order valence-electron chi connectivity index (χ1n) is 9.38. The van der Waals surface area contributed by atoms with Gasteiger partial charge in [0.2, 0.25) is 0 Å². The van der Waals surface area contributed by atoms with Crippen molar-refractivity contribution in [1.82, 2.24) is 5.32 Å². The highest BCUT2D eigenvalue weighted by molar-refractivity contribution is 14.1. The first-order valence-corrected chi connectivity index (χ1v) is 11.7. The Labute approximate surface area is 194 Å². The number of hydrogen-bond acceptors (Lipinski definition) is 4. The average molecular weight is 541 g/mol. The number of carbonyl (C=O) groups is 2. The molecule has 29 heavy (non-hydrogen) atoms. The lowest BCUT2D eigenvalue weighted by Crippen LogP contribution is -2.34. The van der Waals surface area contributed by atoms with Crippen molar-refractivity contribution in [1.29, 1.82) is 0 Å². The minimum Gasteiger partial charge on any atom is -0.365 e. The smallest absolute Gasteiger partial charge is 0.257 e. The van der Waals surface area contributed by atoms with Gasteiger partial charge < -0.3 is 11.1 Å². The molecule has 2 amide bonds. The van der Waals surface area contributed by atoms with Gasteiger partial charge in [-0.1, -0.05) is 20.8 Å². The molecule has 8 heteroatoms. The van der Waals surface area contributed by atoms with Crippen LogP contribution < -0.4 is 16.4 Å². The quantitative estimate of drug-likeness (QED) is 0.388. The zero-order valence-electron chi connectivity index (χ0n) is 16.6. The van der Waals surface area contributed by atoms with E-state index in [2.05, 4.69) is 54.0 Å². The molecule has 2 aromatic rings. The molecule has 1 heterocycles. The minimum atomic E-state index is -0.467. The Hall–Kier alpha value is -1.52. The molecule has 0 radical (unpaired) electrons. The Kier molecular flexibility index (Phi) is 6.64. The highest BCUT2D eigenvalue weighted by Gasteiger charge is 2.33. The van der Waals surface area contributed by atoms with E-state index >= 15 is 0 Å². The number of primary amides is 1. The van der Waals surface area contributed by atoms with Crippen molar-refractivity contribution in [3.05, 3.63) is 49.4 Å². The zero-order chi connectivity index (χ0) is 21.3. The number of anilines is 1. The molecule has 1 atom stereocenters. The van der Waals surface area contributed by atoms with Crippen LogP contribution in [-0.2, 0) is 12.8 Å². The fraction of sp³-hybridized carbons (Fsp3) is 0.381. The Morgan fingerprint density at radius 2 is 1.90 bits per heavy atom. The number of thiocarbonyl (C=S) groups is 1. The van der Waals surface area contributed by atoms with Crippen LogP contribution in [-0.4, -0.2) is 16.9 Å². The van der Waals surface area contributed by atoms with Crippen molar-refractivity contribution < 1.29 is 9.59 Å². The van der Waals surface area contributed by atoms with Crippen LogP contribution >= 0.6 is 46.1 Å². The number of nitrogens with two attached hydrogens (primary N) is 1. The molecule has 1 aliphatic rings. The number of fused-ring (bicyclic) bond motifs is 1. The van der Waals surface area contributed by atoms with Gasteiger partial charge in [-0.25, -0.2) is 0 Å². The second kappa shape index (κ2) is 8.69. The Bertz CT molecular complexity index is 962. The van der Waals surface area contributed by atoms with Crippen molar-refractivity contribution >= 4 is 68.1 Å². The average Bonchev–Trinajstić information content (AvgIpc) is 2.98. The highest BCUT2D eigenvalue weighted by Crippen LogP contribution is 2.44. The molecular weight excluding hydrogens is 517 g/mol. The molecule has 3 rings (SSSR count). The van der Waals surface area contributed by atoms with Crippen molar-refractivity contribution in [2.75, 3.05) is 5.32 Å². The summed E-state index contributed by atoms with van der Waals surface area (Å²) in [6.07, 6.45) is 2.78. The topological polar surface area (TPSA) is 84.2 Å². The minimum absolute atomic E-state index is 0.155.